The van der Waals surface area contributed by atoms with Gasteiger partial charge in [0.25, 0.3) is 0 Å². The van der Waals surface area contributed by atoms with Crippen LogP contribution in [0.4, 0.5) is 11.6 Å². The Kier molecular flexibility index (Phi) is 8.58. The molecule has 0 spiro atoms. The van der Waals surface area contributed by atoms with Crippen molar-refractivity contribution in [2.75, 3.05) is 36.8 Å². The Bertz CT molecular complexity index is 1390. The van der Waals surface area contributed by atoms with Gasteiger partial charge in [0.2, 0.25) is 11.8 Å². The smallest absolute Gasteiger partial charge is 0.224 e. The summed E-state index contributed by atoms with van der Waals surface area (Å²) in [6.45, 7) is 5.32. The summed E-state index contributed by atoms with van der Waals surface area (Å²) < 4.78 is 0. The number of rotatable bonds is 11. The number of H-pyrrole nitrogens is 1. The lowest BCUT2D eigenvalue weighted by Crippen LogP contribution is -2.30. The Morgan fingerprint density at radius 3 is 2.22 bits per heavy atom. The quantitative estimate of drug-likeness (QED) is 0.191. The molecule has 0 saturated carbocycles. The van der Waals surface area contributed by atoms with Gasteiger partial charge in [-0.3, -0.25) is 9.59 Å². The molecule has 4 aromatic rings. The lowest BCUT2D eigenvalue weighted by molar-refractivity contribution is -0.120. The molecule has 2 aromatic heterocycles. The fourth-order valence-electron chi connectivity index (χ4n) is 3.90. The van der Waals surface area contributed by atoms with Crippen molar-refractivity contribution in [3.05, 3.63) is 70.9 Å². The first kappa shape index (κ1) is 26.0. The van der Waals surface area contributed by atoms with Gasteiger partial charge in [-0.2, -0.15) is 0 Å². The van der Waals surface area contributed by atoms with Crippen LogP contribution in [0.15, 0.2) is 54.7 Å². The summed E-state index contributed by atoms with van der Waals surface area (Å²) in [7, 11) is 0. The molecular formula is C27H30ClN7O2. The lowest BCUT2D eigenvalue weighted by Gasteiger charge is -2.16. The molecule has 0 bridgehead atoms. The standard InChI is InChI=1S/C27H30ClN7O2/c1-17-25(31-13-11-29-18(2)36)34-27(19-7-9-21(28)10-8-19)35-26(17)32-14-12-30-24(37)15-20-16-33-23-6-4-3-5-22(20)23/h3-10,16,33H,11-15H2,1-2H3,(H,29,36)(H,30,37)(H2,31,32,34,35). The van der Waals surface area contributed by atoms with Crippen LogP contribution in [-0.2, 0) is 16.0 Å². The van der Waals surface area contributed by atoms with E-state index in [4.69, 9.17) is 16.6 Å². The molecule has 0 radical (unpaired) electrons. The van der Waals surface area contributed by atoms with Crippen molar-refractivity contribution in [2.45, 2.75) is 20.3 Å². The Labute approximate surface area is 220 Å². The van der Waals surface area contributed by atoms with Gasteiger partial charge in [0.1, 0.15) is 11.6 Å². The Morgan fingerprint density at radius 1 is 0.892 bits per heavy atom. The van der Waals surface area contributed by atoms with E-state index in [0.717, 1.165) is 27.6 Å². The third-order valence-electron chi connectivity index (χ3n) is 5.81. The topological polar surface area (TPSA) is 124 Å². The van der Waals surface area contributed by atoms with Crippen LogP contribution in [0, 0.1) is 6.92 Å². The average molecular weight is 520 g/mol. The van der Waals surface area contributed by atoms with Gasteiger partial charge in [-0.05, 0) is 42.8 Å². The van der Waals surface area contributed by atoms with Crippen LogP contribution < -0.4 is 21.3 Å². The number of aromatic nitrogens is 3. The zero-order valence-electron chi connectivity index (χ0n) is 20.8. The number of nitrogens with zero attached hydrogens (tertiary/aromatic N) is 2. The zero-order chi connectivity index (χ0) is 26.2. The molecule has 2 heterocycles. The predicted octanol–water partition coefficient (Wildman–Crippen LogP) is 3.91. The third kappa shape index (κ3) is 6.98. The summed E-state index contributed by atoms with van der Waals surface area (Å²) in [4.78, 5) is 36.3. The van der Waals surface area contributed by atoms with Gasteiger partial charge in [0.15, 0.2) is 5.82 Å². The highest BCUT2D eigenvalue weighted by Gasteiger charge is 2.13. The molecular weight excluding hydrogens is 490 g/mol. The first-order valence-corrected chi connectivity index (χ1v) is 12.5. The summed E-state index contributed by atoms with van der Waals surface area (Å²) in [6.07, 6.45) is 2.19. The number of halogens is 1. The largest absolute Gasteiger partial charge is 0.368 e. The van der Waals surface area contributed by atoms with E-state index in [2.05, 4.69) is 31.2 Å². The van der Waals surface area contributed by atoms with Crippen molar-refractivity contribution in [1.82, 2.24) is 25.6 Å². The van der Waals surface area contributed by atoms with Gasteiger partial charge in [-0.1, -0.05) is 29.8 Å². The molecule has 0 aliphatic rings. The van der Waals surface area contributed by atoms with Crippen molar-refractivity contribution in [3.63, 3.8) is 0 Å². The highest BCUT2D eigenvalue weighted by Crippen LogP contribution is 2.26. The van der Waals surface area contributed by atoms with E-state index in [-0.39, 0.29) is 11.8 Å². The normalized spacial score (nSPS) is 10.8. The Hall–Kier alpha value is -4.11. The molecule has 0 aliphatic carbocycles. The van der Waals surface area contributed by atoms with Crippen molar-refractivity contribution >= 4 is 46.0 Å². The number of benzene rings is 2. The predicted molar refractivity (Wildman–Crippen MR) is 148 cm³/mol. The fourth-order valence-corrected chi connectivity index (χ4v) is 4.03. The number of para-hydroxylation sites is 1. The second kappa shape index (κ2) is 12.2. The number of amides is 2. The molecule has 5 N–H and O–H groups in total. The van der Waals surface area contributed by atoms with Gasteiger partial charge in [0, 0.05) is 66.4 Å². The van der Waals surface area contributed by atoms with Crippen LogP contribution in [0.1, 0.15) is 18.1 Å². The van der Waals surface area contributed by atoms with Gasteiger partial charge in [-0.25, -0.2) is 9.97 Å². The highest BCUT2D eigenvalue weighted by molar-refractivity contribution is 6.30. The van der Waals surface area contributed by atoms with Gasteiger partial charge in [-0.15, -0.1) is 0 Å². The van der Waals surface area contributed by atoms with Crippen LogP contribution in [0.25, 0.3) is 22.3 Å². The number of hydrogen-bond donors (Lipinski definition) is 5. The van der Waals surface area contributed by atoms with Crippen LogP contribution in [0.5, 0.6) is 0 Å². The molecule has 2 aromatic carbocycles. The number of anilines is 2. The number of carbonyl (C=O) groups is 2. The van der Waals surface area contributed by atoms with Gasteiger partial charge < -0.3 is 26.3 Å². The second-order valence-corrected chi connectivity index (χ2v) is 9.04. The fraction of sp³-hybridized carbons (Fsp3) is 0.259. The van der Waals surface area contributed by atoms with Crippen LogP contribution in [0.2, 0.25) is 5.02 Å². The molecule has 2 amide bonds. The third-order valence-corrected chi connectivity index (χ3v) is 6.06. The number of carbonyl (C=O) groups excluding carboxylic acids is 2. The molecule has 9 nitrogen and oxygen atoms in total. The van der Waals surface area contributed by atoms with Crippen molar-refractivity contribution < 1.29 is 9.59 Å². The maximum absolute atomic E-state index is 12.5. The highest BCUT2D eigenvalue weighted by atomic mass is 35.5. The Morgan fingerprint density at radius 2 is 1.54 bits per heavy atom. The van der Waals surface area contributed by atoms with E-state index in [1.54, 1.807) is 12.1 Å². The zero-order valence-corrected chi connectivity index (χ0v) is 21.6. The first-order chi connectivity index (χ1) is 17.9. The summed E-state index contributed by atoms with van der Waals surface area (Å²) in [6, 6.07) is 15.2. The summed E-state index contributed by atoms with van der Waals surface area (Å²) >= 11 is 6.04. The molecule has 192 valence electrons. The molecule has 0 atom stereocenters. The second-order valence-electron chi connectivity index (χ2n) is 8.60. The van der Waals surface area contributed by atoms with E-state index in [1.165, 1.54) is 6.92 Å². The van der Waals surface area contributed by atoms with Crippen LogP contribution in [0.3, 0.4) is 0 Å². The minimum absolute atomic E-state index is 0.0480. The van der Waals surface area contributed by atoms with E-state index in [1.807, 2.05) is 49.5 Å². The number of aromatic amines is 1. The summed E-state index contributed by atoms with van der Waals surface area (Å²) in [5.74, 6) is 1.73. The first-order valence-electron chi connectivity index (χ1n) is 12.1. The average Bonchev–Trinajstić information content (AvgIpc) is 3.29. The van der Waals surface area contributed by atoms with Crippen LogP contribution in [-0.4, -0.2) is 52.9 Å². The lowest BCUT2D eigenvalue weighted by atomic mass is 10.1. The van der Waals surface area contributed by atoms with Gasteiger partial charge >= 0.3 is 0 Å². The Balaban J connectivity index is 1.39. The minimum atomic E-state index is -0.0860. The minimum Gasteiger partial charge on any atom is -0.368 e. The summed E-state index contributed by atoms with van der Waals surface area (Å²) in [5, 5.41) is 14.0. The molecule has 4 rings (SSSR count). The molecule has 37 heavy (non-hydrogen) atoms. The van der Waals surface area contributed by atoms with E-state index < -0.39 is 0 Å². The molecule has 0 aliphatic heterocycles. The van der Waals surface area contributed by atoms with Crippen molar-refractivity contribution in [2.24, 2.45) is 0 Å². The van der Waals surface area contributed by atoms with E-state index >= 15 is 0 Å². The van der Waals surface area contributed by atoms with E-state index in [9.17, 15) is 9.59 Å². The summed E-state index contributed by atoms with van der Waals surface area (Å²) in [5.41, 5.74) is 3.65. The maximum atomic E-state index is 12.5. The van der Waals surface area contributed by atoms with Crippen molar-refractivity contribution in [3.8, 4) is 11.4 Å². The molecule has 0 saturated heterocycles. The van der Waals surface area contributed by atoms with Crippen LogP contribution >= 0.6 is 11.6 Å². The van der Waals surface area contributed by atoms with Crippen molar-refractivity contribution in [1.29, 1.82) is 0 Å². The monoisotopic (exact) mass is 519 g/mol. The number of nitrogens with one attached hydrogen (secondary N) is 5. The SMILES string of the molecule is CC(=O)NCCNc1nc(-c2ccc(Cl)cc2)nc(NCCNC(=O)Cc2c[nH]c3ccccc23)c1C. The maximum Gasteiger partial charge on any atom is 0.224 e. The molecule has 0 unspecified atom stereocenters. The van der Waals surface area contributed by atoms with Gasteiger partial charge in [0.05, 0.1) is 6.42 Å². The molecule has 10 heteroatoms. The number of hydrogen-bond acceptors (Lipinski definition) is 6. The number of fused-ring (bicyclic) bond motifs is 1. The van der Waals surface area contributed by atoms with E-state index in [0.29, 0.717) is 55.1 Å². The molecule has 0 fully saturated rings.